The van der Waals surface area contributed by atoms with Crippen LogP contribution >= 0.6 is 0 Å². The van der Waals surface area contributed by atoms with E-state index in [1.807, 2.05) is 0 Å². The number of amides is 4. The van der Waals surface area contributed by atoms with Crippen LogP contribution < -0.4 is 0 Å². The lowest BCUT2D eigenvalue weighted by molar-refractivity contribution is -0.147. The van der Waals surface area contributed by atoms with Gasteiger partial charge in [-0.05, 0) is 6.92 Å². The van der Waals surface area contributed by atoms with E-state index in [2.05, 4.69) is 5.16 Å². The Kier molecular flexibility index (Phi) is 4.82. The van der Waals surface area contributed by atoms with Crippen molar-refractivity contribution in [3.63, 3.8) is 0 Å². The lowest BCUT2D eigenvalue weighted by atomic mass is 10.2. The molecule has 3 rings (SSSR count). The van der Waals surface area contributed by atoms with Crippen LogP contribution in [0.2, 0.25) is 0 Å². The Morgan fingerprint density at radius 2 is 1.60 bits per heavy atom. The first-order valence-corrected chi connectivity index (χ1v) is 8.25. The molecule has 2 fully saturated rings. The molecule has 0 unspecified atom stereocenters. The molecule has 134 valence electrons. The van der Waals surface area contributed by atoms with Crippen LogP contribution in [0.5, 0.6) is 0 Å². The first-order valence-electron chi connectivity index (χ1n) is 8.25. The molecule has 2 aliphatic rings. The summed E-state index contributed by atoms with van der Waals surface area (Å²) in [5.74, 6) is -0.262. The van der Waals surface area contributed by atoms with E-state index >= 15 is 0 Å². The fourth-order valence-corrected chi connectivity index (χ4v) is 3.01. The Morgan fingerprint density at radius 1 is 1.04 bits per heavy atom. The van der Waals surface area contributed by atoms with Gasteiger partial charge in [-0.25, -0.2) is 0 Å². The average Bonchev–Trinajstić information content (AvgIpc) is 3.14. The van der Waals surface area contributed by atoms with Crippen molar-refractivity contribution in [3.05, 3.63) is 17.5 Å². The minimum atomic E-state index is -0.296. The fourth-order valence-electron chi connectivity index (χ4n) is 3.01. The number of hydrogen-bond donors (Lipinski definition) is 0. The van der Waals surface area contributed by atoms with Gasteiger partial charge in [0.05, 0.1) is 12.1 Å². The molecule has 9 heteroatoms. The summed E-state index contributed by atoms with van der Waals surface area (Å²) in [6.07, 6.45) is 0.522. The van der Waals surface area contributed by atoms with Crippen molar-refractivity contribution in [2.75, 3.05) is 32.7 Å². The molecule has 9 nitrogen and oxygen atoms in total. The van der Waals surface area contributed by atoms with Crippen LogP contribution in [0.4, 0.5) is 0 Å². The van der Waals surface area contributed by atoms with Gasteiger partial charge in [0.2, 0.25) is 23.6 Å². The number of likely N-dealkylation sites (tertiary alicyclic amines) is 1. The van der Waals surface area contributed by atoms with Gasteiger partial charge < -0.3 is 14.3 Å². The SMILES string of the molecule is Cc1cc(CC(=O)N2CCN(C(=O)CN3C(=O)CCC3=O)CC2)no1. The van der Waals surface area contributed by atoms with Crippen molar-refractivity contribution in [3.8, 4) is 0 Å². The van der Waals surface area contributed by atoms with Gasteiger partial charge in [0.25, 0.3) is 0 Å². The molecule has 0 aliphatic carbocycles. The van der Waals surface area contributed by atoms with Gasteiger partial charge in [0.1, 0.15) is 12.3 Å². The molecule has 0 atom stereocenters. The number of nitrogens with zero attached hydrogens (tertiary/aromatic N) is 4. The van der Waals surface area contributed by atoms with Crippen LogP contribution in [-0.2, 0) is 25.6 Å². The fraction of sp³-hybridized carbons (Fsp3) is 0.562. The number of carbonyl (C=O) groups excluding carboxylic acids is 4. The van der Waals surface area contributed by atoms with Crippen molar-refractivity contribution in [1.29, 1.82) is 0 Å². The normalized spacial score (nSPS) is 18.2. The standard InChI is InChI=1S/C16H20N4O5/c1-11-8-12(17-25-11)9-15(23)18-4-6-19(7-5-18)16(24)10-20-13(21)2-3-14(20)22/h8H,2-7,9-10H2,1H3. The summed E-state index contributed by atoms with van der Waals surface area (Å²) in [4.78, 5) is 52.0. The molecule has 3 heterocycles. The van der Waals surface area contributed by atoms with Gasteiger partial charge >= 0.3 is 0 Å². The molecule has 0 radical (unpaired) electrons. The maximum Gasteiger partial charge on any atom is 0.242 e. The monoisotopic (exact) mass is 348 g/mol. The zero-order valence-corrected chi connectivity index (χ0v) is 14.1. The van der Waals surface area contributed by atoms with E-state index in [0.29, 0.717) is 37.6 Å². The van der Waals surface area contributed by atoms with E-state index in [-0.39, 0.29) is 49.4 Å². The molecular weight excluding hydrogens is 328 g/mol. The molecule has 0 aromatic carbocycles. The van der Waals surface area contributed by atoms with E-state index < -0.39 is 0 Å². The highest BCUT2D eigenvalue weighted by molar-refractivity contribution is 6.04. The summed E-state index contributed by atoms with van der Waals surface area (Å²) in [6, 6.07) is 1.72. The molecule has 0 bridgehead atoms. The molecular formula is C16H20N4O5. The molecule has 0 N–H and O–H groups in total. The van der Waals surface area contributed by atoms with E-state index in [0.717, 1.165) is 4.90 Å². The van der Waals surface area contributed by atoms with E-state index in [1.54, 1.807) is 22.8 Å². The third-order valence-electron chi connectivity index (χ3n) is 4.44. The topological polar surface area (TPSA) is 104 Å². The highest BCUT2D eigenvalue weighted by Crippen LogP contribution is 2.13. The molecule has 1 aromatic rings. The molecule has 0 saturated carbocycles. The van der Waals surface area contributed by atoms with Crippen LogP contribution in [0, 0.1) is 6.92 Å². The summed E-state index contributed by atoms with van der Waals surface area (Å²) in [7, 11) is 0. The highest BCUT2D eigenvalue weighted by Gasteiger charge is 2.33. The molecule has 1 aromatic heterocycles. The Hall–Kier alpha value is -2.71. The van der Waals surface area contributed by atoms with E-state index in [4.69, 9.17) is 4.52 Å². The number of imide groups is 1. The van der Waals surface area contributed by atoms with Crippen LogP contribution in [0.15, 0.2) is 10.6 Å². The molecule has 25 heavy (non-hydrogen) atoms. The predicted octanol–water partition coefficient (Wildman–Crippen LogP) is -0.655. The van der Waals surface area contributed by atoms with E-state index in [9.17, 15) is 19.2 Å². The van der Waals surface area contributed by atoms with Gasteiger partial charge in [-0.15, -0.1) is 0 Å². The van der Waals surface area contributed by atoms with Crippen LogP contribution in [0.1, 0.15) is 24.3 Å². The number of carbonyl (C=O) groups is 4. The van der Waals surface area contributed by atoms with Gasteiger partial charge in [-0.3, -0.25) is 24.1 Å². The van der Waals surface area contributed by atoms with Crippen molar-refractivity contribution < 1.29 is 23.7 Å². The number of hydrogen-bond acceptors (Lipinski definition) is 6. The maximum absolute atomic E-state index is 12.3. The minimum absolute atomic E-state index is 0.0645. The van der Waals surface area contributed by atoms with Crippen LogP contribution in [0.3, 0.4) is 0 Å². The number of piperazine rings is 1. The molecule has 0 spiro atoms. The van der Waals surface area contributed by atoms with Gasteiger partial charge in [-0.2, -0.15) is 0 Å². The zero-order valence-electron chi connectivity index (χ0n) is 14.1. The molecule has 2 saturated heterocycles. The highest BCUT2D eigenvalue weighted by atomic mass is 16.5. The first-order chi connectivity index (χ1) is 11.9. The Bertz CT molecular complexity index is 689. The molecule has 4 amide bonds. The zero-order chi connectivity index (χ0) is 18.0. The number of aromatic nitrogens is 1. The quantitative estimate of drug-likeness (QED) is 0.670. The largest absolute Gasteiger partial charge is 0.361 e. The lowest BCUT2D eigenvalue weighted by Gasteiger charge is -2.35. The van der Waals surface area contributed by atoms with Gasteiger partial charge in [0, 0.05) is 45.1 Å². The second kappa shape index (κ2) is 7.04. The van der Waals surface area contributed by atoms with Crippen molar-refractivity contribution in [2.24, 2.45) is 0 Å². The van der Waals surface area contributed by atoms with Gasteiger partial charge in [0.15, 0.2) is 0 Å². The maximum atomic E-state index is 12.3. The third-order valence-corrected chi connectivity index (χ3v) is 4.44. The van der Waals surface area contributed by atoms with Crippen LogP contribution in [-0.4, -0.2) is 76.2 Å². The lowest BCUT2D eigenvalue weighted by Crippen LogP contribution is -2.53. The Balaban J connectivity index is 1.48. The minimum Gasteiger partial charge on any atom is -0.361 e. The second-order valence-corrected chi connectivity index (χ2v) is 6.24. The molecule has 2 aliphatic heterocycles. The van der Waals surface area contributed by atoms with Crippen molar-refractivity contribution >= 4 is 23.6 Å². The van der Waals surface area contributed by atoms with Crippen LogP contribution in [0.25, 0.3) is 0 Å². The average molecular weight is 348 g/mol. The van der Waals surface area contributed by atoms with Crippen molar-refractivity contribution in [2.45, 2.75) is 26.2 Å². The first kappa shape index (κ1) is 17.1. The van der Waals surface area contributed by atoms with E-state index in [1.165, 1.54) is 0 Å². The van der Waals surface area contributed by atoms with Crippen molar-refractivity contribution in [1.82, 2.24) is 19.9 Å². The summed E-state index contributed by atoms with van der Waals surface area (Å²) in [5, 5.41) is 3.81. The third kappa shape index (κ3) is 3.86. The Labute approximate surface area is 144 Å². The number of aryl methyl sites for hydroxylation is 1. The number of rotatable bonds is 4. The summed E-state index contributed by atoms with van der Waals surface area (Å²) >= 11 is 0. The Morgan fingerprint density at radius 3 is 2.12 bits per heavy atom. The predicted molar refractivity (Wildman–Crippen MR) is 84.1 cm³/mol. The smallest absolute Gasteiger partial charge is 0.242 e. The second-order valence-electron chi connectivity index (χ2n) is 6.24. The van der Waals surface area contributed by atoms with Gasteiger partial charge in [-0.1, -0.05) is 5.16 Å². The summed E-state index contributed by atoms with van der Waals surface area (Å²) in [6.45, 7) is 3.18. The summed E-state index contributed by atoms with van der Waals surface area (Å²) < 4.78 is 4.95. The summed E-state index contributed by atoms with van der Waals surface area (Å²) in [5.41, 5.74) is 0.590.